The Hall–Kier alpha value is -2.31. The predicted octanol–water partition coefficient (Wildman–Crippen LogP) is 3.53. The molecule has 2 atom stereocenters. The van der Waals surface area contributed by atoms with Gasteiger partial charge in [-0.1, -0.05) is 36.4 Å². The number of carbonyl (C=O) groups excluding carboxylic acids is 1. The fraction of sp³-hybridized carbons (Fsp3) is 0.409. The van der Waals surface area contributed by atoms with Crippen molar-refractivity contribution in [2.75, 3.05) is 26.2 Å². The van der Waals surface area contributed by atoms with Gasteiger partial charge in [-0.05, 0) is 31.5 Å². The van der Waals surface area contributed by atoms with Crippen molar-refractivity contribution in [3.8, 4) is 0 Å². The van der Waals surface area contributed by atoms with E-state index in [0.29, 0.717) is 37.4 Å². The van der Waals surface area contributed by atoms with Crippen LogP contribution in [0.25, 0.3) is 0 Å². The number of halogens is 2. The minimum Gasteiger partial charge on any atom is -0.370 e. The Kier molecular flexibility index (Phi) is 5.69. The highest BCUT2D eigenvalue weighted by atomic mass is 19.1. The summed E-state index contributed by atoms with van der Waals surface area (Å²) in [6.07, 6.45) is 1.21. The molecular formula is C22H24F2N2O2. The number of hydrogen-bond acceptors (Lipinski definition) is 3. The van der Waals surface area contributed by atoms with Gasteiger partial charge in [-0.2, -0.15) is 0 Å². The number of nitrogens with zero attached hydrogens (tertiary/aromatic N) is 2. The van der Waals surface area contributed by atoms with Crippen LogP contribution in [0.3, 0.4) is 0 Å². The zero-order chi connectivity index (χ0) is 19.5. The van der Waals surface area contributed by atoms with E-state index in [9.17, 15) is 13.6 Å². The second kappa shape index (κ2) is 8.37. The molecular weight excluding hydrogens is 362 g/mol. The van der Waals surface area contributed by atoms with Crippen LogP contribution in [0.5, 0.6) is 0 Å². The van der Waals surface area contributed by atoms with Crippen LogP contribution < -0.4 is 0 Å². The summed E-state index contributed by atoms with van der Waals surface area (Å²) >= 11 is 0. The van der Waals surface area contributed by atoms with E-state index in [1.54, 1.807) is 35.2 Å². The van der Waals surface area contributed by atoms with Crippen LogP contribution in [0.15, 0.2) is 48.5 Å². The first-order valence-electron chi connectivity index (χ1n) is 9.76. The lowest BCUT2D eigenvalue weighted by Crippen LogP contribution is -2.50. The number of rotatable bonds is 4. The standard InChI is InChI=1S/C22H24F2N2O2/c23-18-8-3-1-6-16(18)14-25-11-5-10-20(25)22(27)26-12-13-28-21(15-26)17-7-2-4-9-19(17)24/h1-4,6-9,20-21H,5,10-15H2. The van der Waals surface area contributed by atoms with Crippen molar-refractivity contribution < 1.29 is 18.3 Å². The molecule has 0 saturated carbocycles. The van der Waals surface area contributed by atoms with Crippen LogP contribution in [0.4, 0.5) is 8.78 Å². The Morgan fingerprint density at radius 2 is 1.79 bits per heavy atom. The molecule has 2 aliphatic heterocycles. The summed E-state index contributed by atoms with van der Waals surface area (Å²) in [5, 5.41) is 0. The molecule has 2 saturated heterocycles. The molecule has 6 heteroatoms. The molecule has 0 aliphatic carbocycles. The molecule has 0 aromatic heterocycles. The van der Waals surface area contributed by atoms with Crippen molar-refractivity contribution >= 4 is 5.91 Å². The van der Waals surface area contributed by atoms with Crippen LogP contribution in [-0.2, 0) is 16.1 Å². The normalized spacial score (nSPS) is 23.1. The van der Waals surface area contributed by atoms with Crippen LogP contribution in [0.1, 0.15) is 30.1 Å². The number of amides is 1. The lowest BCUT2D eigenvalue weighted by Gasteiger charge is -2.36. The Labute approximate surface area is 163 Å². The Morgan fingerprint density at radius 1 is 1.04 bits per heavy atom. The molecule has 4 nitrogen and oxygen atoms in total. The molecule has 0 bridgehead atoms. The predicted molar refractivity (Wildman–Crippen MR) is 102 cm³/mol. The molecule has 0 N–H and O–H groups in total. The third kappa shape index (κ3) is 3.93. The molecule has 2 fully saturated rings. The summed E-state index contributed by atoms with van der Waals surface area (Å²) in [7, 11) is 0. The minimum absolute atomic E-state index is 0.0264. The van der Waals surface area contributed by atoms with Gasteiger partial charge in [-0.15, -0.1) is 0 Å². The summed E-state index contributed by atoms with van der Waals surface area (Å²) in [5.74, 6) is -0.533. The van der Waals surface area contributed by atoms with Gasteiger partial charge in [0, 0.05) is 24.2 Å². The SMILES string of the molecule is O=C(C1CCCN1Cc1ccccc1F)N1CCOC(c2ccccc2F)C1. The van der Waals surface area contributed by atoms with Crippen LogP contribution in [-0.4, -0.2) is 48.0 Å². The summed E-state index contributed by atoms with van der Waals surface area (Å²) < 4.78 is 33.9. The molecule has 0 spiro atoms. The molecule has 0 radical (unpaired) electrons. The zero-order valence-electron chi connectivity index (χ0n) is 15.7. The first-order valence-corrected chi connectivity index (χ1v) is 9.76. The van der Waals surface area contributed by atoms with Gasteiger partial charge in [0.15, 0.2) is 0 Å². The van der Waals surface area contributed by atoms with E-state index >= 15 is 0 Å². The van der Waals surface area contributed by atoms with E-state index in [2.05, 4.69) is 0 Å². The van der Waals surface area contributed by atoms with Crippen LogP contribution >= 0.6 is 0 Å². The lowest BCUT2D eigenvalue weighted by atomic mass is 10.1. The topological polar surface area (TPSA) is 32.8 Å². The minimum atomic E-state index is -0.458. The third-order valence-corrected chi connectivity index (χ3v) is 5.61. The van der Waals surface area contributed by atoms with Gasteiger partial charge in [-0.25, -0.2) is 8.78 Å². The molecule has 2 heterocycles. The van der Waals surface area contributed by atoms with Gasteiger partial charge < -0.3 is 9.64 Å². The van der Waals surface area contributed by atoms with E-state index in [0.717, 1.165) is 19.4 Å². The van der Waals surface area contributed by atoms with E-state index in [1.807, 2.05) is 11.0 Å². The molecule has 2 unspecified atom stereocenters. The molecule has 4 rings (SSSR count). The van der Waals surface area contributed by atoms with E-state index in [-0.39, 0.29) is 23.6 Å². The van der Waals surface area contributed by atoms with Crippen LogP contribution in [0.2, 0.25) is 0 Å². The van der Waals surface area contributed by atoms with Gasteiger partial charge in [0.25, 0.3) is 0 Å². The highest BCUT2D eigenvalue weighted by Gasteiger charge is 2.36. The van der Waals surface area contributed by atoms with Gasteiger partial charge in [0.1, 0.15) is 17.7 Å². The molecule has 1 amide bonds. The smallest absolute Gasteiger partial charge is 0.240 e. The van der Waals surface area contributed by atoms with Crippen molar-refractivity contribution in [1.29, 1.82) is 0 Å². The quantitative estimate of drug-likeness (QED) is 0.806. The van der Waals surface area contributed by atoms with Gasteiger partial charge in [0.05, 0.1) is 19.2 Å². The first kappa shape index (κ1) is 19.0. The average Bonchev–Trinajstić information content (AvgIpc) is 3.18. The number of morpholine rings is 1. The molecule has 2 aromatic rings. The number of likely N-dealkylation sites (tertiary alicyclic amines) is 1. The number of benzene rings is 2. The Balaban J connectivity index is 1.45. The Morgan fingerprint density at radius 3 is 2.57 bits per heavy atom. The third-order valence-electron chi connectivity index (χ3n) is 5.61. The maximum absolute atomic E-state index is 14.1. The lowest BCUT2D eigenvalue weighted by molar-refractivity contribution is -0.144. The Bertz CT molecular complexity index is 845. The van der Waals surface area contributed by atoms with Crippen molar-refractivity contribution in [2.45, 2.75) is 31.5 Å². The largest absolute Gasteiger partial charge is 0.370 e. The average molecular weight is 386 g/mol. The van der Waals surface area contributed by atoms with E-state index in [1.165, 1.54) is 12.1 Å². The number of hydrogen-bond donors (Lipinski definition) is 0. The first-order chi connectivity index (χ1) is 13.6. The highest BCUT2D eigenvalue weighted by molar-refractivity contribution is 5.82. The molecule has 28 heavy (non-hydrogen) atoms. The number of ether oxygens (including phenoxy) is 1. The molecule has 148 valence electrons. The van der Waals surface area contributed by atoms with Crippen molar-refractivity contribution in [1.82, 2.24) is 9.80 Å². The summed E-state index contributed by atoms with van der Waals surface area (Å²) in [6.45, 7) is 2.40. The molecule has 2 aromatic carbocycles. The van der Waals surface area contributed by atoms with Crippen LogP contribution in [0, 0.1) is 11.6 Å². The van der Waals surface area contributed by atoms with E-state index < -0.39 is 6.10 Å². The molecule has 2 aliphatic rings. The van der Waals surface area contributed by atoms with Crippen molar-refractivity contribution in [3.05, 3.63) is 71.3 Å². The maximum Gasteiger partial charge on any atom is 0.240 e. The van der Waals surface area contributed by atoms with E-state index in [4.69, 9.17) is 4.74 Å². The monoisotopic (exact) mass is 386 g/mol. The van der Waals surface area contributed by atoms with Crippen molar-refractivity contribution in [2.24, 2.45) is 0 Å². The van der Waals surface area contributed by atoms with Gasteiger partial charge in [-0.3, -0.25) is 9.69 Å². The van der Waals surface area contributed by atoms with Gasteiger partial charge >= 0.3 is 0 Å². The highest BCUT2D eigenvalue weighted by Crippen LogP contribution is 2.28. The maximum atomic E-state index is 14.1. The summed E-state index contributed by atoms with van der Waals surface area (Å²) in [6, 6.07) is 13.0. The zero-order valence-corrected chi connectivity index (χ0v) is 15.7. The second-order valence-electron chi connectivity index (χ2n) is 7.39. The summed E-state index contributed by atoms with van der Waals surface area (Å²) in [5.41, 5.74) is 1.09. The fourth-order valence-corrected chi connectivity index (χ4v) is 4.13. The van der Waals surface area contributed by atoms with Crippen molar-refractivity contribution in [3.63, 3.8) is 0 Å². The van der Waals surface area contributed by atoms with Gasteiger partial charge in [0.2, 0.25) is 5.91 Å². The second-order valence-corrected chi connectivity index (χ2v) is 7.39. The fourth-order valence-electron chi connectivity index (χ4n) is 4.13. The summed E-state index contributed by atoms with van der Waals surface area (Å²) in [4.78, 5) is 17.0. The number of carbonyl (C=O) groups is 1.